The number of rotatable bonds is 7. The molecule has 0 saturated carbocycles. The summed E-state index contributed by atoms with van der Waals surface area (Å²) in [6.45, 7) is 5.26. The largest absolute Gasteiger partial charge is 0.469 e. The van der Waals surface area contributed by atoms with Gasteiger partial charge in [-0.3, -0.25) is 0 Å². The average molecular weight is 264 g/mol. The summed E-state index contributed by atoms with van der Waals surface area (Å²) in [6.07, 6.45) is 4.84. The van der Waals surface area contributed by atoms with E-state index in [1.807, 2.05) is 19.1 Å². The highest BCUT2D eigenvalue weighted by atomic mass is 32.1. The maximum atomic E-state index is 5.32. The van der Waals surface area contributed by atoms with Gasteiger partial charge in [-0.05, 0) is 32.4 Å². The van der Waals surface area contributed by atoms with E-state index >= 15 is 0 Å². The molecule has 2 aromatic rings. The average Bonchev–Trinajstić information content (AvgIpc) is 2.98. The number of nitrogens with zero attached hydrogens (tertiary/aromatic N) is 1. The van der Waals surface area contributed by atoms with Crippen LogP contribution in [0.4, 0.5) is 0 Å². The van der Waals surface area contributed by atoms with Crippen molar-refractivity contribution in [3.8, 4) is 0 Å². The van der Waals surface area contributed by atoms with Crippen molar-refractivity contribution in [3.05, 3.63) is 40.2 Å². The van der Waals surface area contributed by atoms with Crippen LogP contribution in [0.3, 0.4) is 0 Å². The lowest BCUT2D eigenvalue weighted by atomic mass is 10.1. The van der Waals surface area contributed by atoms with Gasteiger partial charge in [0.1, 0.15) is 5.76 Å². The molecular formula is C14H20N2OS. The van der Waals surface area contributed by atoms with Gasteiger partial charge in [0.15, 0.2) is 0 Å². The molecule has 0 saturated heterocycles. The molecule has 4 heteroatoms. The Hall–Kier alpha value is -1.13. The molecule has 18 heavy (non-hydrogen) atoms. The third-order valence-corrected chi connectivity index (χ3v) is 3.77. The Bertz CT molecular complexity index is 450. The monoisotopic (exact) mass is 264 g/mol. The lowest BCUT2D eigenvalue weighted by molar-refractivity contribution is 0.461. The third kappa shape index (κ3) is 4.27. The van der Waals surface area contributed by atoms with E-state index in [9.17, 15) is 0 Å². The van der Waals surface area contributed by atoms with Crippen LogP contribution in [-0.2, 0) is 12.8 Å². The van der Waals surface area contributed by atoms with E-state index in [0.29, 0.717) is 6.04 Å². The molecule has 0 bridgehead atoms. The van der Waals surface area contributed by atoms with E-state index in [2.05, 4.69) is 22.6 Å². The molecule has 0 aromatic carbocycles. The van der Waals surface area contributed by atoms with Gasteiger partial charge in [0.05, 0.1) is 17.0 Å². The lowest BCUT2D eigenvalue weighted by Gasteiger charge is -2.12. The summed E-state index contributed by atoms with van der Waals surface area (Å²) in [5, 5.41) is 6.82. The number of thiazole rings is 1. The Labute approximate surface area is 112 Å². The Balaban J connectivity index is 1.61. The summed E-state index contributed by atoms with van der Waals surface area (Å²) in [5.41, 5.74) is 1.20. The minimum atomic E-state index is 0.509. The second-order valence-corrected chi connectivity index (χ2v) is 5.64. The third-order valence-electron chi connectivity index (χ3n) is 2.94. The summed E-state index contributed by atoms with van der Waals surface area (Å²) in [6, 6.07) is 4.48. The number of nitrogens with one attached hydrogen (secondary N) is 1. The van der Waals surface area contributed by atoms with Crippen LogP contribution in [0.2, 0.25) is 0 Å². The van der Waals surface area contributed by atoms with Crippen LogP contribution >= 0.6 is 11.3 Å². The molecule has 0 spiro atoms. The standard InChI is InChI=1S/C14H20N2OS/c1-11(5-6-14-4-3-9-17-14)15-8-7-13-10-18-12(2)16-13/h3-4,9-11,15H,5-8H2,1-2H3. The summed E-state index contributed by atoms with van der Waals surface area (Å²) in [5.74, 6) is 1.07. The highest BCUT2D eigenvalue weighted by molar-refractivity contribution is 7.09. The maximum Gasteiger partial charge on any atom is 0.103 e. The van der Waals surface area contributed by atoms with Crippen LogP contribution in [0.5, 0.6) is 0 Å². The van der Waals surface area contributed by atoms with Crippen molar-refractivity contribution < 1.29 is 4.42 Å². The van der Waals surface area contributed by atoms with Gasteiger partial charge in [-0.1, -0.05) is 0 Å². The van der Waals surface area contributed by atoms with Crippen molar-refractivity contribution >= 4 is 11.3 Å². The van der Waals surface area contributed by atoms with Gasteiger partial charge in [-0.25, -0.2) is 4.98 Å². The topological polar surface area (TPSA) is 38.1 Å². The highest BCUT2D eigenvalue weighted by Gasteiger charge is 2.04. The zero-order valence-corrected chi connectivity index (χ0v) is 11.8. The number of furan rings is 1. The normalized spacial score (nSPS) is 12.8. The SMILES string of the molecule is Cc1nc(CCNC(C)CCc2ccco2)cs1. The van der Waals surface area contributed by atoms with Crippen molar-refractivity contribution in [2.45, 2.75) is 39.2 Å². The first-order valence-corrected chi connectivity index (χ1v) is 7.29. The van der Waals surface area contributed by atoms with Crippen molar-refractivity contribution in [1.29, 1.82) is 0 Å². The smallest absolute Gasteiger partial charge is 0.103 e. The Morgan fingerprint density at radius 1 is 1.44 bits per heavy atom. The summed E-state index contributed by atoms with van der Waals surface area (Å²) < 4.78 is 5.32. The molecule has 0 fully saturated rings. The van der Waals surface area contributed by atoms with E-state index < -0.39 is 0 Å². The van der Waals surface area contributed by atoms with Crippen molar-refractivity contribution in [1.82, 2.24) is 10.3 Å². The molecule has 2 rings (SSSR count). The fourth-order valence-electron chi connectivity index (χ4n) is 1.89. The lowest BCUT2D eigenvalue weighted by Crippen LogP contribution is -2.28. The van der Waals surface area contributed by atoms with Crippen LogP contribution in [0, 0.1) is 6.92 Å². The maximum absolute atomic E-state index is 5.32. The van der Waals surface area contributed by atoms with Gasteiger partial charge in [0, 0.05) is 30.8 Å². The van der Waals surface area contributed by atoms with Crippen LogP contribution in [0.15, 0.2) is 28.2 Å². The molecule has 3 nitrogen and oxygen atoms in total. The van der Waals surface area contributed by atoms with E-state index in [1.54, 1.807) is 17.6 Å². The fraction of sp³-hybridized carbons (Fsp3) is 0.500. The molecule has 98 valence electrons. The minimum Gasteiger partial charge on any atom is -0.469 e. The highest BCUT2D eigenvalue weighted by Crippen LogP contribution is 2.08. The van der Waals surface area contributed by atoms with Gasteiger partial charge in [0.2, 0.25) is 0 Å². The molecule has 1 N–H and O–H groups in total. The first-order valence-electron chi connectivity index (χ1n) is 6.41. The summed E-state index contributed by atoms with van der Waals surface area (Å²) in [7, 11) is 0. The van der Waals surface area contributed by atoms with Crippen LogP contribution in [0.25, 0.3) is 0 Å². The fourth-order valence-corrected chi connectivity index (χ4v) is 2.53. The second-order valence-electron chi connectivity index (χ2n) is 4.58. The molecule has 2 heterocycles. The van der Waals surface area contributed by atoms with E-state index in [-0.39, 0.29) is 0 Å². The van der Waals surface area contributed by atoms with Crippen molar-refractivity contribution in [2.24, 2.45) is 0 Å². The first-order chi connectivity index (χ1) is 8.74. The second kappa shape index (κ2) is 6.71. The zero-order valence-electron chi connectivity index (χ0n) is 11.0. The van der Waals surface area contributed by atoms with Gasteiger partial charge >= 0.3 is 0 Å². The van der Waals surface area contributed by atoms with Gasteiger partial charge < -0.3 is 9.73 Å². The number of hydrogen-bond donors (Lipinski definition) is 1. The number of aromatic nitrogens is 1. The summed E-state index contributed by atoms with van der Waals surface area (Å²) >= 11 is 1.72. The summed E-state index contributed by atoms with van der Waals surface area (Å²) in [4.78, 5) is 4.46. The molecule has 2 aromatic heterocycles. The van der Waals surface area contributed by atoms with Crippen LogP contribution in [-0.4, -0.2) is 17.6 Å². The molecule has 0 amide bonds. The molecule has 0 aliphatic heterocycles. The Kier molecular flexibility index (Phi) is 4.96. The minimum absolute atomic E-state index is 0.509. The number of aryl methyl sites for hydroxylation is 2. The zero-order chi connectivity index (χ0) is 12.8. The van der Waals surface area contributed by atoms with Crippen molar-refractivity contribution in [2.75, 3.05) is 6.54 Å². The Morgan fingerprint density at radius 3 is 3.00 bits per heavy atom. The quantitative estimate of drug-likeness (QED) is 0.834. The molecule has 0 aliphatic rings. The van der Waals surface area contributed by atoms with E-state index in [4.69, 9.17) is 4.42 Å². The first kappa shape index (κ1) is 13.3. The molecule has 1 atom stereocenters. The molecule has 1 unspecified atom stereocenters. The molecule has 0 radical (unpaired) electrons. The Morgan fingerprint density at radius 2 is 2.33 bits per heavy atom. The van der Waals surface area contributed by atoms with E-state index in [0.717, 1.165) is 36.6 Å². The van der Waals surface area contributed by atoms with Gasteiger partial charge in [-0.15, -0.1) is 11.3 Å². The van der Waals surface area contributed by atoms with Crippen LogP contribution in [0.1, 0.15) is 29.8 Å². The van der Waals surface area contributed by atoms with Crippen molar-refractivity contribution in [3.63, 3.8) is 0 Å². The number of hydrogen-bond acceptors (Lipinski definition) is 4. The van der Waals surface area contributed by atoms with Crippen LogP contribution < -0.4 is 5.32 Å². The van der Waals surface area contributed by atoms with Gasteiger partial charge in [-0.2, -0.15) is 0 Å². The van der Waals surface area contributed by atoms with E-state index in [1.165, 1.54) is 5.69 Å². The molecule has 0 aliphatic carbocycles. The van der Waals surface area contributed by atoms with Gasteiger partial charge in [0.25, 0.3) is 0 Å². The predicted octanol–water partition coefficient (Wildman–Crippen LogP) is 3.20. The molecular weight excluding hydrogens is 244 g/mol. The predicted molar refractivity (Wildman–Crippen MR) is 75.0 cm³/mol.